The normalized spacial score (nSPS) is 18.8. The van der Waals surface area contributed by atoms with Crippen LogP contribution in [0.3, 0.4) is 0 Å². The van der Waals surface area contributed by atoms with Gasteiger partial charge in [-0.1, -0.05) is 31.2 Å². The summed E-state index contributed by atoms with van der Waals surface area (Å²) in [5, 5.41) is 0.176. The van der Waals surface area contributed by atoms with E-state index in [4.69, 9.17) is 4.74 Å². The first-order valence-corrected chi connectivity index (χ1v) is 8.33. The van der Waals surface area contributed by atoms with E-state index in [1.54, 1.807) is 11.8 Å². The molecule has 1 saturated heterocycles. The van der Waals surface area contributed by atoms with Gasteiger partial charge in [0, 0.05) is 19.8 Å². The lowest BCUT2D eigenvalue weighted by Crippen LogP contribution is -2.30. The van der Waals surface area contributed by atoms with Gasteiger partial charge in [-0.2, -0.15) is 0 Å². The summed E-state index contributed by atoms with van der Waals surface area (Å²) in [5.41, 5.74) is 2.52. The minimum atomic E-state index is 0.176. The molecule has 0 bridgehead atoms. The Morgan fingerprint density at radius 2 is 2.15 bits per heavy atom. The first-order chi connectivity index (χ1) is 9.74. The first kappa shape index (κ1) is 15.4. The van der Waals surface area contributed by atoms with E-state index >= 15 is 0 Å². The number of benzene rings is 1. The van der Waals surface area contributed by atoms with Crippen molar-refractivity contribution in [2.75, 3.05) is 25.5 Å². The molecule has 1 aromatic rings. The maximum Gasteiger partial charge on any atom is 0.233 e. The third kappa shape index (κ3) is 3.76. The quantitative estimate of drug-likeness (QED) is 0.722. The molecular formula is C16H23NO2S. The number of rotatable bonds is 7. The van der Waals surface area contributed by atoms with Crippen LogP contribution in [0.5, 0.6) is 0 Å². The number of carbonyl (C=O) groups is 1. The van der Waals surface area contributed by atoms with Crippen molar-refractivity contribution in [2.45, 2.75) is 32.1 Å². The van der Waals surface area contributed by atoms with Crippen molar-refractivity contribution in [3.8, 4) is 0 Å². The van der Waals surface area contributed by atoms with Gasteiger partial charge in [0.15, 0.2) is 0 Å². The Bertz CT molecular complexity index is 450. The fourth-order valence-corrected chi connectivity index (χ4v) is 3.71. The Labute approximate surface area is 125 Å². The Morgan fingerprint density at radius 3 is 2.90 bits per heavy atom. The summed E-state index contributed by atoms with van der Waals surface area (Å²) in [5.74, 6) is 0.841. The Balaban J connectivity index is 1.95. The Hall–Kier alpha value is -1.00. The van der Waals surface area contributed by atoms with Crippen molar-refractivity contribution in [1.29, 1.82) is 0 Å². The maximum absolute atomic E-state index is 12.1. The summed E-state index contributed by atoms with van der Waals surface area (Å²) in [6.45, 7) is 6.55. The molecule has 1 aliphatic heterocycles. The highest BCUT2D eigenvalue weighted by Gasteiger charge is 2.32. The molecule has 0 N–H and O–H groups in total. The van der Waals surface area contributed by atoms with Crippen LogP contribution < -0.4 is 0 Å². The zero-order chi connectivity index (χ0) is 14.4. The largest absolute Gasteiger partial charge is 0.381 e. The number of hydrogen-bond acceptors (Lipinski definition) is 3. The molecule has 3 nitrogen and oxygen atoms in total. The lowest BCUT2D eigenvalue weighted by molar-refractivity contribution is -0.128. The van der Waals surface area contributed by atoms with Gasteiger partial charge in [0.1, 0.15) is 5.37 Å². The molecule has 0 aromatic heterocycles. The SMILES string of the molecule is CCCOCCCN1C(=O)CSC1c1ccccc1C. The topological polar surface area (TPSA) is 29.5 Å². The van der Waals surface area contributed by atoms with Gasteiger partial charge >= 0.3 is 0 Å². The summed E-state index contributed by atoms with van der Waals surface area (Å²) in [7, 11) is 0. The van der Waals surface area contributed by atoms with Gasteiger partial charge in [0.2, 0.25) is 5.91 Å². The summed E-state index contributed by atoms with van der Waals surface area (Å²) in [4.78, 5) is 14.1. The summed E-state index contributed by atoms with van der Waals surface area (Å²) >= 11 is 1.73. The third-order valence-corrected chi connectivity index (χ3v) is 4.70. The average molecular weight is 293 g/mol. The molecule has 0 spiro atoms. The molecule has 1 amide bonds. The number of carbonyl (C=O) groups excluding carboxylic acids is 1. The molecule has 20 heavy (non-hydrogen) atoms. The highest BCUT2D eigenvalue weighted by Crippen LogP contribution is 2.39. The molecule has 1 atom stereocenters. The van der Waals surface area contributed by atoms with Crippen molar-refractivity contribution in [1.82, 2.24) is 4.90 Å². The van der Waals surface area contributed by atoms with Crippen molar-refractivity contribution >= 4 is 17.7 Å². The van der Waals surface area contributed by atoms with Crippen LogP contribution in [0.4, 0.5) is 0 Å². The van der Waals surface area contributed by atoms with E-state index in [0.29, 0.717) is 5.75 Å². The standard InChI is InChI=1S/C16H23NO2S/c1-3-10-19-11-6-9-17-15(18)12-20-16(17)14-8-5-4-7-13(14)2/h4-5,7-8,16H,3,6,9-12H2,1-2H3. The van der Waals surface area contributed by atoms with Gasteiger partial charge in [-0.25, -0.2) is 0 Å². The second kappa shape index (κ2) is 7.70. The fraction of sp³-hybridized carbons (Fsp3) is 0.562. The monoisotopic (exact) mass is 293 g/mol. The van der Waals surface area contributed by atoms with Crippen LogP contribution in [0.15, 0.2) is 24.3 Å². The minimum absolute atomic E-state index is 0.176. The predicted octanol–water partition coefficient (Wildman–Crippen LogP) is 3.39. The van der Waals surface area contributed by atoms with E-state index in [9.17, 15) is 4.79 Å². The van der Waals surface area contributed by atoms with Gasteiger partial charge in [0.05, 0.1) is 5.75 Å². The van der Waals surface area contributed by atoms with Crippen LogP contribution >= 0.6 is 11.8 Å². The molecule has 1 heterocycles. The van der Waals surface area contributed by atoms with Gasteiger partial charge in [-0.3, -0.25) is 4.79 Å². The fourth-order valence-electron chi connectivity index (χ4n) is 2.40. The van der Waals surface area contributed by atoms with E-state index < -0.39 is 0 Å². The maximum atomic E-state index is 12.1. The van der Waals surface area contributed by atoms with E-state index in [2.05, 4.69) is 26.0 Å². The van der Waals surface area contributed by atoms with Crippen molar-refractivity contribution in [2.24, 2.45) is 0 Å². The van der Waals surface area contributed by atoms with E-state index in [1.807, 2.05) is 17.0 Å². The van der Waals surface area contributed by atoms with Gasteiger partial charge in [-0.15, -0.1) is 11.8 Å². The third-order valence-electron chi connectivity index (χ3n) is 3.46. The first-order valence-electron chi connectivity index (χ1n) is 7.28. The predicted molar refractivity (Wildman–Crippen MR) is 83.8 cm³/mol. The van der Waals surface area contributed by atoms with E-state index in [1.165, 1.54) is 11.1 Å². The number of aryl methyl sites for hydroxylation is 1. The van der Waals surface area contributed by atoms with E-state index in [0.717, 1.165) is 32.6 Å². The lowest BCUT2D eigenvalue weighted by atomic mass is 10.1. The molecule has 0 aliphatic carbocycles. The molecule has 1 aliphatic rings. The van der Waals surface area contributed by atoms with Crippen LogP contribution in [0.25, 0.3) is 0 Å². The second-order valence-corrected chi connectivity index (χ2v) is 6.14. The molecule has 2 rings (SSSR count). The number of hydrogen-bond donors (Lipinski definition) is 0. The highest BCUT2D eigenvalue weighted by molar-refractivity contribution is 8.00. The molecule has 0 saturated carbocycles. The zero-order valence-electron chi connectivity index (χ0n) is 12.3. The van der Waals surface area contributed by atoms with Crippen LogP contribution in [0, 0.1) is 6.92 Å². The molecule has 0 radical (unpaired) electrons. The van der Waals surface area contributed by atoms with Crippen LogP contribution in [-0.2, 0) is 9.53 Å². The summed E-state index contributed by atoms with van der Waals surface area (Å²) < 4.78 is 5.50. The van der Waals surface area contributed by atoms with Gasteiger partial charge in [0.25, 0.3) is 0 Å². The van der Waals surface area contributed by atoms with Crippen LogP contribution in [0.2, 0.25) is 0 Å². The molecule has 4 heteroatoms. The Morgan fingerprint density at radius 1 is 1.35 bits per heavy atom. The number of nitrogens with zero attached hydrogens (tertiary/aromatic N) is 1. The second-order valence-electron chi connectivity index (χ2n) is 5.07. The zero-order valence-corrected chi connectivity index (χ0v) is 13.1. The van der Waals surface area contributed by atoms with Crippen LogP contribution in [0.1, 0.15) is 36.3 Å². The minimum Gasteiger partial charge on any atom is -0.381 e. The molecular weight excluding hydrogens is 270 g/mol. The lowest BCUT2D eigenvalue weighted by Gasteiger charge is -2.25. The van der Waals surface area contributed by atoms with Crippen molar-refractivity contribution in [3.63, 3.8) is 0 Å². The van der Waals surface area contributed by atoms with E-state index in [-0.39, 0.29) is 11.3 Å². The molecule has 1 fully saturated rings. The number of amides is 1. The summed E-state index contributed by atoms with van der Waals surface area (Å²) in [6.07, 6.45) is 1.96. The smallest absolute Gasteiger partial charge is 0.233 e. The highest BCUT2D eigenvalue weighted by atomic mass is 32.2. The average Bonchev–Trinajstić information content (AvgIpc) is 2.81. The Kier molecular flexibility index (Phi) is 5.92. The van der Waals surface area contributed by atoms with Gasteiger partial charge in [-0.05, 0) is 30.9 Å². The van der Waals surface area contributed by atoms with Crippen LogP contribution in [-0.4, -0.2) is 36.3 Å². The summed E-state index contributed by atoms with van der Waals surface area (Å²) in [6, 6.07) is 8.34. The molecule has 1 unspecified atom stereocenters. The molecule has 110 valence electrons. The van der Waals surface area contributed by atoms with Crippen molar-refractivity contribution in [3.05, 3.63) is 35.4 Å². The van der Waals surface area contributed by atoms with Gasteiger partial charge < -0.3 is 9.64 Å². The van der Waals surface area contributed by atoms with Crippen molar-refractivity contribution < 1.29 is 9.53 Å². The molecule has 1 aromatic carbocycles. The number of ether oxygens (including phenoxy) is 1. The number of thioether (sulfide) groups is 1.